The van der Waals surface area contributed by atoms with E-state index in [1.165, 1.54) is 0 Å². The van der Waals surface area contributed by atoms with E-state index in [0.717, 1.165) is 50.7 Å². The Balaban J connectivity index is 1.38. The molecule has 0 radical (unpaired) electrons. The van der Waals surface area contributed by atoms with Crippen LogP contribution >= 0.6 is 0 Å². The Hall–Kier alpha value is -2.15. The number of rotatable bonds is 4. The van der Waals surface area contributed by atoms with Crippen LogP contribution in [0.15, 0.2) is 21.1 Å². The molecule has 1 aliphatic carbocycles. The molecule has 2 aromatic rings. The number of nitrogens with zero attached hydrogens (tertiary/aromatic N) is 3. The summed E-state index contributed by atoms with van der Waals surface area (Å²) in [5.74, 6) is 2.71. The van der Waals surface area contributed by atoms with Gasteiger partial charge in [-0.05, 0) is 37.8 Å². The largest absolute Gasteiger partial charge is 0.456 e. The van der Waals surface area contributed by atoms with Crippen molar-refractivity contribution in [1.29, 1.82) is 0 Å². The van der Waals surface area contributed by atoms with E-state index in [-0.39, 0.29) is 11.8 Å². The van der Waals surface area contributed by atoms with E-state index >= 15 is 0 Å². The number of carbonyl (C=O) groups is 1. The molecular weight excluding hydrogens is 332 g/mol. The predicted molar refractivity (Wildman–Crippen MR) is 94.6 cm³/mol. The normalized spacial score (nSPS) is 20.6. The van der Waals surface area contributed by atoms with Crippen molar-refractivity contribution in [2.24, 2.45) is 5.73 Å². The number of aromatic nitrogens is 2. The average Bonchev–Trinajstić information content (AvgIpc) is 3.41. The summed E-state index contributed by atoms with van der Waals surface area (Å²) in [5, 5.41) is 4.15. The molecule has 140 valence electrons. The van der Waals surface area contributed by atoms with Crippen LogP contribution in [0.5, 0.6) is 0 Å². The summed E-state index contributed by atoms with van der Waals surface area (Å²) in [6.07, 6.45) is 6.49. The lowest BCUT2D eigenvalue weighted by atomic mass is 9.95. The lowest BCUT2D eigenvalue weighted by Gasteiger charge is -2.29. The summed E-state index contributed by atoms with van der Waals surface area (Å²) >= 11 is 0. The Bertz CT molecular complexity index is 767. The minimum Gasteiger partial charge on any atom is -0.456 e. The van der Waals surface area contributed by atoms with Crippen molar-refractivity contribution in [2.75, 3.05) is 13.1 Å². The molecule has 1 aliphatic heterocycles. The van der Waals surface area contributed by atoms with Crippen LogP contribution in [0, 0.1) is 0 Å². The van der Waals surface area contributed by atoms with Crippen molar-refractivity contribution >= 4 is 5.91 Å². The van der Waals surface area contributed by atoms with Crippen LogP contribution in [-0.4, -0.2) is 34.0 Å². The molecule has 0 bridgehead atoms. The van der Waals surface area contributed by atoms with Crippen molar-refractivity contribution in [1.82, 2.24) is 15.0 Å². The summed E-state index contributed by atoms with van der Waals surface area (Å²) in [5.41, 5.74) is 5.99. The maximum absolute atomic E-state index is 12.6. The maximum Gasteiger partial charge on any atom is 0.289 e. The van der Waals surface area contributed by atoms with Gasteiger partial charge < -0.3 is 19.6 Å². The SMILES string of the molecule is CCc1ccc(C(=O)N2CCC(c3nc(C4(N)CCCC4)no3)CC2)o1. The number of likely N-dealkylation sites (tertiary alicyclic amines) is 1. The first-order chi connectivity index (χ1) is 12.6. The fourth-order valence-electron chi connectivity index (χ4n) is 4.00. The van der Waals surface area contributed by atoms with Gasteiger partial charge in [0, 0.05) is 25.4 Å². The maximum atomic E-state index is 12.6. The molecule has 2 aromatic heterocycles. The van der Waals surface area contributed by atoms with Gasteiger partial charge in [-0.3, -0.25) is 4.79 Å². The molecule has 7 heteroatoms. The van der Waals surface area contributed by atoms with Crippen LogP contribution in [0.2, 0.25) is 0 Å². The zero-order valence-electron chi connectivity index (χ0n) is 15.2. The highest BCUT2D eigenvalue weighted by atomic mass is 16.5. The molecule has 1 saturated heterocycles. The Kier molecular flexibility index (Phi) is 4.56. The first kappa shape index (κ1) is 17.3. The average molecular weight is 358 g/mol. The zero-order valence-corrected chi connectivity index (χ0v) is 15.2. The number of amides is 1. The third-order valence-corrected chi connectivity index (χ3v) is 5.74. The smallest absolute Gasteiger partial charge is 0.289 e. The van der Waals surface area contributed by atoms with Crippen molar-refractivity contribution < 1.29 is 13.7 Å². The minimum atomic E-state index is -0.422. The van der Waals surface area contributed by atoms with E-state index in [2.05, 4.69) is 10.1 Å². The van der Waals surface area contributed by atoms with E-state index in [9.17, 15) is 4.79 Å². The number of aryl methyl sites for hydroxylation is 1. The summed E-state index contributed by atoms with van der Waals surface area (Å²) < 4.78 is 11.1. The lowest BCUT2D eigenvalue weighted by Crippen LogP contribution is -2.38. The van der Waals surface area contributed by atoms with Crippen molar-refractivity contribution in [3.05, 3.63) is 35.4 Å². The summed E-state index contributed by atoms with van der Waals surface area (Å²) in [7, 11) is 0. The number of piperidine rings is 1. The van der Waals surface area contributed by atoms with E-state index < -0.39 is 5.54 Å². The molecule has 0 spiro atoms. The fourth-order valence-corrected chi connectivity index (χ4v) is 4.00. The van der Waals surface area contributed by atoms with Gasteiger partial charge in [-0.15, -0.1) is 0 Å². The number of furan rings is 1. The molecule has 1 amide bonds. The van der Waals surface area contributed by atoms with Crippen LogP contribution in [-0.2, 0) is 12.0 Å². The third-order valence-electron chi connectivity index (χ3n) is 5.74. The van der Waals surface area contributed by atoms with Crippen LogP contribution in [0.3, 0.4) is 0 Å². The van der Waals surface area contributed by atoms with Gasteiger partial charge in [-0.25, -0.2) is 0 Å². The summed E-state index contributed by atoms with van der Waals surface area (Å²) in [6, 6.07) is 3.63. The fraction of sp³-hybridized carbons (Fsp3) is 0.632. The second kappa shape index (κ2) is 6.87. The van der Waals surface area contributed by atoms with Gasteiger partial charge in [0.1, 0.15) is 5.76 Å². The Labute approximate surface area is 152 Å². The second-order valence-electron chi connectivity index (χ2n) is 7.51. The highest BCUT2D eigenvalue weighted by Gasteiger charge is 2.37. The van der Waals surface area contributed by atoms with Gasteiger partial charge in [-0.1, -0.05) is 24.9 Å². The van der Waals surface area contributed by atoms with Gasteiger partial charge in [0.15, 0.2) is 11.6 Å². The molecule has 7 nitrogen and oxygen atoms in total. The molecular formula is C19H26N4O3. The van der Waals surface area contributed by atoms with Gasteiger partial charge in [0.05, 0.1) is 5.54 Å². The van der Waals surface area contributed by atoms with E-state index in [4.69, 9.17) is 14.7 Å². The zero-order chi connectivity index (χ0) is 18.1. The van der Waals surface area contributed by atoms with E-state index in [1.54, 1.807) is 6.07 Å². The van der Waals surface area contributed by atoms with Crippen LogP contribution < -0.4 is 5.73 Å². The number of hydrogen-bond acceptors (Lipinski definition) is 6. The third kappa shape index (κ3) is 3.16. The van der Waals surface area contributed by atoms with Crippen molar-refractivity contribution in [2.45, 2.75) is 63.3 Å². The molecule has 4 rings (SSSR count). The molecule has 3 heterocycles. The first-order valence-electron chi connectivity index (χ1n) is 9.60. The van der Waals surface area contributed by atoms with Gasteiger partial charge in [-0.2, -0.15) is 4.98 Å². The molecule has 2 N–H and O–H groups in total. The van der Waals surface area contributed by atoms with Gasteiger partial charge in [0.25, 0.3) is 5.91 Å². The Morgan fingerprint density at radius 3 is 2.69 bits per heavy atom. The molecule has 26 heavy (non-hydrogen) atoms. The Morgan fingerprint density at radius 1 is 1.31 bits per heavy atom. The predicted octanol–water partition coefficient (Wildman–Crippen LogP) is 2.97. The standard InChI is InChI=1S/C19H26N4O3/c1-2-14-5-6-15(25-14)17(24)23-11-7-13(8-12-23)16-21-18(22-26-16)19(20)9-3-4-10-19/h5-6,13H,2-4,7-12,20H2,1H3. The molecule has 0 unspecified atom stereocenters. The molecule has 0 aromatic carbocycles. The molecule has 2 fully saturated rings. The van der Waals surface area contributed by atoms with E-state index in [1.807, 2.05) is 17.9 Å². The van der Waals surface area contributed by atoms with Crippen LogP contribution in [0.1, 0.15) is 79.4 Å². The highest BCUT2D eigenvalue weighted by Crippen LogP contribution is 2.36. The molecule has 1 saturated carbocycles. The topological polar surface area (TPSA) is 98.4 Å². The van der Waals surface area contributed by atoms with Gasteiger partial charge >= 0.3 is 0 Å². The Morgan fingerprint density at radius 2 is 2.04 bits per heavy atom. The minimum absolute atomic E-state index is 0.0405. The van der Waals surface area contributed by atoms with Crippen molar-refractivity contribution in [3.8, 4) is 0 Å². The first-order valence-corrected chi connectivity index (χ1v) is 9.60. The number of hydrogen-bond donors (Lipinski definition) is 1. The van der Waals surface area contributed by atoms with Gasteiger partial charge in [0.2, 0.25) is 5.89 Å². The van der Waals surface area contributed by atoms with Crippen LogP contribution in [0.4, 0.5) is 0 Å². The number of nitrogens with two attached hydrogens (primary N) is 1. The highest BCUT2D eigenvalue weighted by molar-refractivity contribution is 5.91. The molecule has 0 atom stereocenters. The van der Waals surface area contributed by atoms with Crippen molar-refractivity contribution in [3.63, 3.8) is 0 Å². The van der Waals surface area contributed by atoms with Crippen LogP contribution in [0.25, 0.3) is 0 Å². The quantitative estimate of drug-likeness (QED) is 0.902. The second-order valence-corrected chi connectivity index (χ2v) is 7.51. The summed E-state index contributed by atoms with van der Waals surface area (Å²) in [4.78, 5) is 19.0. The molecule has 2 aliphatic rings. The monoisotopic (exact) mass is 358 g/mol. The lowest BCUT2D eigenvalue weighted by molar-refractivity contribution is 0.0670. The summed E-state index contributed by atoms with van der Waals surface area (Å²) in [6.45, 7) is 3.34. The number of carbonyl (C=O) groups excluding carboxylic acids is 1. The van der Waals surface area contributed by atoms with E-state index in [0.29, 0.717) is 30.6 Å².